The maximum absolute atomic E-state index is 13.1. The summed E-state index contributed by atoms with van der Waals surface area (Å²) in [6, 6.07) is -0.718. The van der Waals surface area contributed by atoms with Crippen LogP contribution in [0.4, 0.5) is 0 Å². The van der Waals surface area contributed by atoms with Gasteiger partial charge in [-0.1, -0.05) is 299 Å². The molecule has 448 valence electrons. The molecule has 0 aromatic rings. The standard InChI is InChI=1S/C68H123NO8/c1-3-5-7-9-11-13-15-17-18-19-20-21-22-23-24-25-26-27-28-29-30-31-32-33-34-35-36-37-38-39-40-41-42-43-44-46-48-50-52-54-56-58-64(72)69-61(60-76-68-67(75)66(74)65(73)63(59-70)77-68)62(71)57-55-53-51-49-47-45-16-14-12-10-8-6-4-2/h5,7,11,13,17-18,20-21,23-24,26-27,61-63,65-68,70-71,73-75H,3-4,6,8-10,12,14-16,19,22,25,28-60H2,1-2H3,(H,69,72)/b7-5-,13-11-,18-17-,21-20-,24-23-,27-26-. The number of amides is 1. The van der Waals surface area contributed by atoms with E-state index in [1.54, 1.807) is 0 Å². The number of rotatable bonds is 56. The van der Waals surface area contributed by atoms with Crippen LogP contribution >= 0.6 is 0 Å². The van der Waals surface area contributed by atoms with Crippen LogP contribution in [0.3, 0.4) is 0 Å². The third-order valence-electron chi connectivity index (χ3n) is 15.3. The van der Waals surface area contributed by atoms with Gasteiger partial charge >= 0.3 is 0 Å². The van der Waals surface area contributed by atoms with Crippen molar-refractivity contribution < 1.29 is 39.8 Å². The van der Waals surface area contributed by atoms with Gasteiger partial charge in [-0.2, -0.15) is 0 Å². The minimum atomic E-state index is -1.55. The molecular weight excluding hydrogens is 959 g/mol. The molecule has 0 aromatic carbocycles. The van der Waals surface area contributed by atoms with Crippen LogP contribution in [0.2, 0.25) is 0 Å². The second kappa shape index (κ2) is 56.9. The van der Waals surface area contributed by atoms with Gasteiger partial charge in [0.05, 0.1) is 25.4 Å². The Hall–Kier alpha value is -2.37. The van der Waals surface area contributed by atoms with E-state index in [9.17, 15) is 30.3 Å². The van der Waals surface area contributed by atoms with E-state index in [4.69, 9.17) is 9.47 Å². The molecule has 1 heterocycles. The highest BCUT2D eigenvalue weighted by Gasteiger charge is 2.44. The SMILES string of the molecule is CC/C=C\C/C=C\C/C=C\C/C=C\C/C=C\C/C=C\CCCCCCCCCCCCCCCCCCCCCCCCC(=O)NC(COC1OC(CO)C(O)C(O)C1O)C(O)CCCCCCCCCCCCCCC. The van der Waals surface area contributed by atoms with Crippen LogP contribution in [0.1, 0.15) is 296 Å². The van der Waals surface area contributed by atoms with Crippen LogP contribution in [0.5, 0.6) is 0 Å². The fourth-order valence-corrected chi connectivity index (χ4v) is 10.2. The van der Waals surface area contributed by atoms with E-state index in [2.05, 4.69) is 92.1 Å². The van der Waals surface area contributed by atoms with Crippen molar-refractivity contribution in [3.63, 3.8) is 0 Å². The lowest BCUT2D eigenvalue weighted by Gasteiger charge is -2.40. The molecule has 1 rings (SSSR count). The summed E-state index contributed by atoms with van der Waals surface area (Å²) in [5.41, 5.74) is 0. The first-order valence-electron chi connectivity index (χ1n) is 32.6. The number of hydrogen-bond donors (Lipinski definition) is 6. The molecule has 9 heteroatoms. The average Bonchev–Trinajstić information content (AvgIpc) is 3.43. The maximum Gasteiger partial charge on any atom is 0.220 e. The van der Waals surface area contributed by atoms with Gasteiger partial charge in [0.15, 0.2) is 6.29 Å². The summed E-state index contributed by atoms with van der Waals surface area (Å²) in [7, 11) is 0. The summed E-state index contributed by atoms with van der Waals surface area (Å²) in [5.74, 6) is -0.141. The molecule has 0 aliphatic carbocycles. The fourth-order valence-electron chi connectivity index (χ4n) is 10.2. The molecule has 1 saturated heterocycles. The van der Waals surface area contributed by atoms with Crippen molar-refractivity contribution in [2.24, 2.45) is 0 Å². The van der Waals surface area contributed by atoms with Gasteiger partial charge in [-0.15, -0.1) is 0 Å². The molecule has 77 heavy (non-hydrogen) atoms. The Morgan fingerprint density at radius 1 is 0.455 bits per heavy atom. The topological polar surface area (TPSA) is 149 Å². The lowest BCUT2D eigenvalue weighted by atomic mass is 9.99. The second-order valence-corrected chi connectivity index (χ2v) is 22.5. The first-order chi connectivity index (χ1) is 37.8. The molecule has 1 aliphatic heterocycles. The Morgan fingerprint density at radius 2 is 0.805 bits per heavy atom. The highest BCUT2D eigenvalue weighted by molar-refractivity contribution is 5.76. The molecule has 0 bridgehead atoms. The van der Waals surface area contributed by atoms with E-state index in [0.29, 0.717) is 12.8 Å². The van der Waals surface area contributed by atoms with E-state index in [1.165, 1.54) is 193 Å². The minimum Gasteiger partial charge on any atom is -0.394 e. The van der Waals surface area contributed by atoms with E-state index >= 15 is 0 Å². The summed E-state index contributed by atoms with van der Waals surface area (Å²) in [4.78, 5) is 13.1. The first-order valence-corrected chi connectivity index (χ1v) is 32.6. The lowest BCUT2D eigenvalue weighted by Crippen LogP contribution is -2.60. The van der Waals surface area contributed by atoms with Gasteiger partial charge in [0.1, 0.15) is 24.4 Å². The fraction of sp³-hybridized carbons (Fsp3) is 0.809. The number of carbonyl (C=O) groups is 1. The Morgan fingerprint density at radius 3 is 1.19 bits per heavy atom. The summed E-state index contributed by atoms with van der Waals surface area (Å²) in [6.07, 6.45) is 72.6. The lowest BCUT2D eigenvalue weighted by molar-refractivity contribution is -0.302. The maximum atomic E-state index is 13.1. The van der Waals surface area contributed by atoms with E-state index in [-0.39, 0.29) is 12.5 Å². The van der Waals surface area contributed by atoms with Crippen LogP contribution in [-0.4, -0.2) is 87.5 Å². The van der Waals surface area contributed by atoms with Gasteiger partial charge in [0, 0.05) is 6.42 Å². The number of nitrogens with one attached hydrogen (secondary N) is 1. The number of carbonyl (C=O) groups excluding carboxylic acids is 1. The normalized spacial score (nSPS) is 19.2. The second-order valence-electron chi connectivity index (χ2n) is 22.5. The van der Waals surface area contributed by atoms with Gasteiger partial charge in [-0.25, -0.2) is 0 Å². The third-order valence-corrected chi connectivity index (χ3v) is 15.3. The van der Waals surface area contributed by atoms with Gasteiger partial charge in [-0.05, 0) is 64.2 Å². The summed E-state index contributed by atoms with van der Waals surface area (Å²) < 4.78 is 11.3. The zero-order chi connectivity index (χ0) is 55.8. The molecular formula is C68H123NO8. The minimum absolute atomic E-state index is 0.136. The van der Waals surface area contributed by atoms with Crippen LogP contribution in [-0.2, 0) is 14.3 Å². The number of hydrogen-bond acceptors (Lipinski definition) is 8. The molecule has 6 N–H and O–H groups in total. The van der Waals surface area contributed by atoms with Gasteiger partial charge in [0.25, 0.3) is 0 Å². The average molecular weight is 1080 g/mol. The van der Waals surface area contributed by atoms with Crippen LogP contribution in [0.15, 0.2) is 72.9 Å². The monoisotopic (exact) mass is 1080 g/mol. The molecule has 1 fully saturated rings. The van der Waals surface area contributed by atoms with E-state index < -0.39 is 49.5 Å². The van der Waals surface area contributed by atoms with Crippen molar-refractivity contribution in [3.8, 4) is 0 Å². The Bertz CT molecular complexity index is 1440. The summed E-state index contributed by atoms with van der Waals surface area (Å²) >= 11 is 0. The van der Waals surface area contributed by atoms with E-state index in [0.717, 1.165) is 77.0 Å². The molecule has 1 amide bonds. The number of aliphatic hydroxyl groups excluding tert-OH is 5. The number of ether oxygens (including phenoxy) is 2. The molecule has 0 aromatic heterocycles. The third kappa shape index (κ3) is 46.0. The van der Waals surface area contributed by atoms with Gasteiger partial charge in [-0.3, -0.25) is 4.79 Å². The van der Waals surface area contributed by atoms with Crippen molar-refractivity contribution >= 4 is 5.91 Å². The molecule has 9 nitrogen and oxygen atoms in total. The van der Waals surface area contributed by atoms with Crippen LogP contribution in [0, 0.1) is 0 Å². The highest BCUT2D eigenvalue weighted by atomic mass is 16.7. The van der Waals surface area contributed by atoms with Crippen molar-refractivity contribution in [1.29, 1.82) is 0 Å². The molecule has 0 radical (unpaired) electrons. The zero-order valence-corrected chi connectivity index (χ0v) is 50.0. The largest absolute Gasteiger partial charge is 0.394 e. The quantitative estimate of drug-likeness (QED) is 0.0261. The van der Waals surface area contributed by atoms with Gasteiger partial charge in [0.2, 0.25) is 5.91 Å². The number of unbranched alkanes of at least 4 members (excludes halogenated alkanes) is 34. The summed E-state index contributed by atoms with van der Waals surface area (Å²) in [5, 5.41) is 54.7. The Balaban J connectivity index is 2.02. The molecule has 7 atom stereocenters. The predicted octanol–water partition coefficient (Wildman–Crippen LogP) is 17.2. The molecule has 1 aliphatic rings. The van der Waals surface area contributed by atoms with Crippen molar-refractivity contribution in [2.45, 2.75) is 339 Å². The smallest absolute Gasteiger partial charge is 0.220 e. The number of allylic oxidation sites excluding steroid dienone is 12. The Kier molecular flexibility index (Phi) is 53.7. The van der Waals surface area contributed by atoms with E-state index in [1.807, 2.05) is 0 Å². The predicted molar refractivity (Wildman–Crippen MR) is 327 cm³/mol. The molecule has 0 saturated carbocycles. The first kappa shape index (κ1) is 72.6. The zero-order valence-electron chi connectivity index (χ0n) is 50.0. The van der Waals surface area contributed by atoms with Crippen molar-refractivity contribution in [3.05, 3.63) is 72.9 Å². The van der Waals surface area contributed by atoms with Crippen LogP contribution < -0.4 is 5.32 Å². The Labute approximate surface area is 474 Å². The van der Waals surface area contributed by atoms with Crippen LogP contribution in [0.25, 0.3) is 0 Å². The highest BCUT2D eigenvalue weighted by Crippen LogP contribution is 2.23. The van der Waals surface area contributed by atoms with Crippen molar-refractivity contribution in [1.82, 2.24) is 5.32 Å². The van der Waals surface area contributed by atoms with Crippen molar-refractivity contribution in [2.75, 3.05) is 13.2 Å². The molecule has 0 spiro atoms. The number of aliphatic hydroxyl groups is 5. The summed E-state index contributed by atoms with van der Waals surface area (Å²) in [6.45, 7) is 3.74. The van der Waals surface area contributed by atoms with Gasteiger partial charge < -0.3 is 40.3 Å². The molecule has 7 unspecified atom stereocenters.